The Bertz CT molecular complexity index is 837. The molecule has 3 heterocycles. The number of hydrogen-bond acceptors (Lipinski definition) is 5. The first-order valence-corrected chi connectivity index (χ1v) is 11.9. The van der Waals surface area contributed by atoms with E-state index in [1.807, 2.05) is 11.0 Å². The molecule has 160 valence electrons. The van der Waals surface area contributed by atoms with Crippen molar-refractivity contribution in [3.8, 4) is 0 Å². The molecule has 3 fully saturated rings. The van der Waals surface area contributed by atoms with Gasteiger partial charge in [0, 0.05) is 63.4 Å². The summed E-state index contributed by atoms with van der Waals surface area (Å²) in [6, 6.07) is 8.64. The molecule has 3 saturated heterocycles. The Labute approximate surface area is 173 Å². The van der Waals surface area contributed by atoms with Gasteiger partial charge in [0.1, 0.15) is 0 Å². The normalized spacial score (nSPS) is 26.8. The second-order valence-electron chi connectivity index (χ2n) is 8.94. The molecule has 1 atom stereocenters. The molecular weight excluding hydrogens is 390 g/mol. The van der Waals surface area contributed by atoms with E-state index in [9.17, 15) is 13.2 Å². The number of fused-ring (bicyclic) bond motifs is 1. The Morgan fingerprint density at radius 1 is 1.07 bits per heavy atom. The Morgan fingerprint density at radius 2 is 1.76 bits per heavy atom. The van der Waals surface area contributed by atoms with Crippen molar-refractivity contribution in [2.24, 2.45) is 5.92 Å². The zero-order chi connectivity index (χ0) is 20.6. The molecule has 7 nitrogen and oxygen atoms in total. The molecule has 3 aliphatic heterocycles. The number of carbonyl (C=O) groups is 1. The van der Waals surface area contributed by atoms with Crippen molar-refractivity contribution in [3.63, 3.8) is 0 Å². The number of carbonyl (C=O) groups excluding carboxylic acids is 1. The van der Waals surface area contributed by atoms with Crippen molar-refractivity contribution in [1.29, 1.82) is 0 Å². The maximum Gasteiger partial charge on any atom is 0.243 e. The summed E-state index contributed by atoms with van der Waals surface area (Å²) in [4.78, 5) is 17.7. The van der Waals surface area contributed by atoms with E-state index in [4.69, 9.17) is 4.74 Å². The van der Waals surface area contributed by atoms with Crippen LogP contribution >= 0.6 is 0 Å². The van der Waals surface area contributed by atoms with Crippen LogP contribution in [0, 0.1) is 5.92 Å². The highest BCUT2D eigenvalue weighted by molar-refractivity contribution is 7.89. The lowest BCUT2D eigenvalue weighted by molar-refractivity contribution is -0.144. The molecule has 8 heteroatoms. The van der Waals surface area contributed by atoms with E-state index in [0.717, 1.165) is 19.4 Å². The summed E-state index contributed by atoms with van der Waals surface area (Å²) in [5.41, 5.74) is -0.279. The van der Waals surface area contributed by atoms with E-state index < -0.39 is 10.0 Å². The predicted octanol–water partition coefficient (Wildman–Crippen LogP) is 1.41. The van der Waals surface area contributed by atoms with E-state index in [0.29, 0.717) is 44.3 Å². The molecular formula is C21H31N3O4S. The zero-order valence-electron chi connectivity index (χ0n) is 17.3. The second-order valence-corrected chi connectivity index (χ2v) is 10.9. The number of ether oxygens (including phenoxy) is 1. The molecule has 0 spiro atoms. The third-order valence-corrected chi connectivity index (χ3v) is 8.33. The van der Waals surface area contributed by atoms with Crippen LogP contribution in [-0.2, 0) is 19.6 Å². The van der Waals surface area contributed by atoms with Crippen LogP contribution in [0.5, 0.6) is 0 Å². The summed E-state index contributed by atoms with van der Waals surface area (Å²) < 4.78 is 33.4. The van der Waals surface area contributed by atoms with Crippen molar-refractivity contribution in [2.45, 2.75) is 43.2 Å². The predicted molar refractivity (Wildman–Crippen MR) is 110 cm³/mol. The summed E-state index contributed by atoms with van der Waals surface area (Å²) in [5, 5.41) is 0. The molecule has 1 aromatic carbocycles. The second kappa shape index (κ2) is 7.98. The van der Waals surface area contributed by atoms with Gasteiger partial charge in [-0.2, -0.15) is 4.31 Å². The quantitative estimate of drug-likeness (QED) is 0.738. The largest absolute Gasteiger partial charge is 0.381 e. The van der Waals surface area contributed by atoms with Gasteiger partial charge in [-0.25, -0.2) is 8.42 Å². The molecule has 0 N–H and O–H groups in total. The number of piperazine rings is 2. The molecule has 0 radical (unpaired) electrons. The molecule has 0 aromatic heterocycles. The Hall–Kier alpha value is -1.48. The van der Waals surface area contributed by atoms with Gasteiger partial charge in [0.15, 0.2) is 0 Å². The van der Waals surface area contributed by atoms with Gasteiger partial charge in [0.2, 0.25) is 15.9 Å². The molecule has 1 aromatic rings. The average Bonchev–Trinajstić information content (AvgIpc) is 2.73. The van der Waals surface area contributed by atoms with Gasteiger partial charge < -0.3 is 9.64 Å². The fourth-order valence-electron chi connectivity index (χ4n) is 4.96. The monoisotopic (exact) mass is 421 g/mol. The van der Waals surface area contributed by atoms with Gasteiger partial charge in [-0.15, -0.1) is 0 Å². The molecule has 29 heavy (non-hydrogen) atoms. The zero-order valence-corrected chi connectivity index (χ0v) is 18.1. The first kappa shape index (κ1) is 20.8. The smallest absolute Gasteiger partial charge is 0.243 e. The average molecular weight is 422 g/mol. The lowest BCUT2D eigenvalue weighted by atomic mass is 9.93. The van der Waals surface area contributed by atoms with Crippen molar-refractivity contribution < 1.29 is 17.9 Å². The van der Waals surface area contributed by atoms with Gasteiger partial charge in [-0.05, 0) is 38.8 Å². The molecule has 0 unspecified atom stereocenters. The number of sulfonamides is 1. The maximum atomic E-state index is 13.2. The van der Waals surface area contributed by atoms with Crippen LogP contribution in [0.15, 0.2) is 35.2 Å². The van der Waals surface area contributed by atoms with Gasteiger partial charge in [-0.3, -0.25) is 9.69 Å². The molecule has 4 rings (SSSR count). The SMILES string of the molecule is CC1(C)CN(S(=O)(=O)c2ccccc2)C[C@@H]2CN(C(=O)C3CCOCC3)CCN21. The van der Waals surface area contributed by atoms with Crippen LogP contribution in [-0.4, -0.2) is 85.9 Å². The highest BCUT2D eigenvalue weighted by Crippen LogP contribution is 2.32. The van der Waals surface area contributed by atoms with Crippen LogP contribution in [0.3, 0.4) is 0 Å². The third kappa shape index (κ3) is 4.08. The van der Waals surface area contributed by atoms with E-state index in [2.05, 4.69) is 18.7 Å². The molecule has 1 amide bonds. The lowest BCUT2D eigenvalue weighted by Gasteiger charge is -2.55. The van der Waals surface area contributed by atoms with Crippen LogP contribution in [0.2, 0.25) is 0 Å². The van der Waals surface area contributed by atoms with Crippen LogP contribution in [0.25, 0.3) is 0 Å². The van der Waals surface area contributed by atoms with Gasteiger partial charge in [-0.1, -0.05) is 18.2 Å². The van der Waals surface area contributed by atoms with Gasteiger partial charge >= 0.3 is 0 Å². The summed E-state index contributed by atoms with van der Waals surface area (Å²) >= 11 is 0. The first-order valence-electron chi connectivity index (χ1n) is 10.5. The maximum absolute atomic E-state index is 13.2. The number of nitrogens with zero attached hydrogens (tertiary/aromatic N) is 3. The Balaban J connectivity index is 1.52. The van der Waals surface area contributed by atoms with E-state index >= 15 is 0 Å². The third-order valence-electron chi connectivity index (χ3n) is 6.50. The van der Waals surface area contributed by atoms with E-state index in [1.165, 1.54) is 0 Å². The fraction of sp³-hybridized carbons (Fsp3) is 0.667. The molecule has 0 saturated carbocycles. The van der Waals surface area contributed by atoms with Crippen LogP contribution < -0.4 is 0 Å². The lowest BCUT2D eigenvalue weighted by Crippen LogP contribution is -2.70. The van der Waals surface area contributed by atoms with Gasteiger partial charge in [0.05, 0.1) is 4.90 Å². The minimum absolute atomic E-state index is 0.00905. The molecule has 0 bridgehead atoms. The summed E-state index contributed by atoms with van der Waals surface area (Å²) in [7, 11) is -3.56. The minimum atomic E-state index is -3.56. The fourth-order valence-corrected chi connectivity index (χ4v) is 6.61. The number of hydrogen-bond donors (Lipinski definition) is 0. The highest BCUT2D eigenvalue weighted by atomic mass is 32.2. The minimum Gasteiger partial charge on any atom is -0.381 e. The van der Waals surface area contributed by atoms with Crippen molar-refractivity contribution in [2.75, 3.05) is 45.9 Å². The number of amides is 1. The summed E-state index contributed by atoms with van der Waals surface area (Å²) in [6.45, 7) is 8.44. The topological polar surface area (TPSA) is 70.2 Å². The van der Waals surface area contributed by atoms with E-state index in [-0.39, 0.29) is 23.4 Å². The van der Waals surface area contributed by atoms with Crippen molar-refractivity contribution in [1.82, 2.24) is 14.1 Å². The highest BCUT2D eigenvalue weighted by Gasteiger charge is 2.47. The van der Waals surface area contributed by atoms with Crippen molar-refractivity contribution >= 4 is 15.9 Å². The summed E-state index contributed by atoms with van der Waals surface area (Å²) in [5.74, 6) is 0.241. The standard InChI is InChI=1S/C21H31N3O4S/c1-21(2)16-23(29(26,27)19-6-4-3-5-7-19)15-18-14-22(10-11-24(18)21)20(25)17-8-12-28-13-9-17/h3-7,17-18H,8-16H2,1-2H3/t18-/m0/s1. The van der Waals surface area contributed by atoms with Crippen LogP contribution in [0.1, 0.15) is 26.7 Å². The Morgan fingerprint density at radius 3 is 2.45 bits per heavy atom. The van der Waals surface area contributed by atoms with E-state index in [1.54, 1.807) is 28.6 Å². The molecule has 3 aliphatic rings. The molecule has 0 aliphatic carbocycles. The van der Waals surface area contributed by atoms with Crippen LogP contribution in [0.4, 0.5) is 0 Å². The summed E-state index contributed by atoms with van der Waals surface area (Å²) in [6.07, 6.45) is 1.56. The van der Waals surface area contributed by atoms with Crippen molar-refractivity contribution in [3.05, 3.63) is 30.3 Å². The number of rotatable bonds is 3. The first-order chi connectivity index (χ1) is 13.8. The van der Waals surface area contributed by atoms with Gasteiger partial charge in [0.25, 0.3) is 0 Å². The Kier molecular flexibility index (Phi) is 5.72. The number of benzene rings is 1.